The number of carbonyl (C=O) groups excluding carboxylic acids is 1. The van der Waals surface area contributed by atoms with Gasteiger partial charge >= 0.3 is 6.09 Å². The maximum Gasteiger partial charge on any atom is 0.407 e. The SMILES string of the molecule is CC(C)OC(=O)NC(C)(C)C1CC1. The van der Waals surface area contributed by atoms with E-state index in [-0.39, 0.29) is 17.7 Å². The van der Waals surface area contributed by atoms with E-state index >= 15 is 0 Å². The van der Waals surface area contributed by atoms with Gasteiger partial charge in [0, 0.05) is 5.54 Å². The highest BCUT2D eigenvalue weighted by Crippen LogP contribution is 2.39. The molecule has 3 nitrogen and oxygen atoms in total. The number of hydrogen-bond acceptors (Lipinski definition) is 2. The minimum absolute atomic E-state index is 0.0463. The van der Waals surface area contributed by atoms with Crippen molar-refractivity contribution >= 4 is 6.09 Å². The Bertz CT molecular complexity index is 195. The number of carbonyl (C=O) groups is 1. The topological polar surface area (TPSA) is 38.3 Å². The molecular formula is C10H19NO2. The lowest BCUT2D eigenvalue weighted by Gasteiger charge is -2.26. The van der Waals surface area contributed by atoms with Crippen LogP contribution in [0.5, 0.6) is 0 Å². The summed E-state index contributed by atoms with van der Waals surface area (Å²) in [6.07, 6.45) is 2.09. The van der Waals surface area contributed by atoms with E-state index in [1.807, 2.05) is 27.7 Å². The molecule has 0 atom stereocenters. The van der Waals surface area contributed by atoms with Gasteiger partial charge in [-0.05, 0) is 46.5 Å². The highest BCUT2D eigenvalue weighted by atomic mass is 16.6. The van der Waals surface area contributed by atoms with Crippen LogP contribution in [0.3, 0.4) is 0 Å². The zero-order valence-corrected chi connectivity index (χ0v) is 8.89. The van der Waals surface area contributed by atoms with E-state index in [1.165, 1.54) is 12.8 Å². The van der Waals surface area contributed by atoms with Crippen LogP contribution in [0.15, 0.2) is 0 Å². The van der Waals surface area contributed by atoms with Gasteiger partial charge in [-0.2, -0.15) is 0 Å². The van der Waals surface area contributed by atoms with Gasteiger partial charge in [-0.3, -0.25) is 0 Å². The lowest BCUT2D eigenvalue weighted by molar-refractivity contribution is 0.105. The van der Waals surface area contributed by atoms with Crippen molar-refractivity contribution in [2.24, 2.45) is 5.92 Å². The van der Waals surface area contributed by atoms with E-state index in [9.17, 15) is 4.79 Å². The molecule has 0 saturated heterocycles. The van der Waals surface area contributed by atoms with E-state index in [2.05, 4.69) is 5.32 Å². The van der Waals surface area contributed by atoms with Crippen LogP contribution in [0, 0.1) is 5.92 Å². The zero-order valence-electron chi connectivity index (χ0n) is 8.89. The molecule has 1 aliphatic carbocycles. The van der Waals surface area contributed by atoms with Crippen molar-refractivity contribution in [1.82, 2.24) is 5.32 Å². The Balaban J connectivity index is 2.33. The van der Waals surface area contributed by atoms with Gasteiger partial charge < -0.3 is 10.1 Å². The first-order valence-electron chi connectivity index (χ1n) is 4.90. The Kier molecular flexibility index (Phi) is 2.84. The normalized spacial score (nSPS) is 17.3. The van der Waals surface area contributed by atoms with Crippen molar-refractivity contribution in [3.63, 3.8) is 0 Å². The fraction of sp³-hybridized carbons (Fsp3) is 0.900. The number of ether oxygens (including phenoxy) is 1. The largest absolute Gasteiger partial charge is 0.447 e. The summed E-state index contributed by atoms with van der Waals surface area (Å²) in [6, 6.07) is 0. The number of nitrogens with one attached hydrogen (secondary N) is 1. The third-order valence-corrected chi connectivity index (χ3v) is 2.36. The Morgan fingerprint density at radius 1 is 1.46 bits per heavy atom. The van der Waals surface area contributed by atoms with Gasteiger partial charge in [-0.15, -0.1) is 0 Å². The van der Waals surface area contributed by atoms with Gasteiger partial charge in [-0.25, -0.2) is 4.79 Å². The molecule has 1 aliphatic rings. The average Bonchev–Trinajstić information content (AvgIpc) is 2.60. The Labute approximate surface area is 79.8 Å². The van der Waals surface area contributed by atoms with E-state index in [0.29, 0.717) is 5.92 Å². The molecular weight excluding hydrogens is 166 g/mol. The standard InChI is InChI=1S/C10H19NO2/c1-7(2)13-9(12)11-10(3,4)8-5-6-8/h7-8H,5-6H2,1-4H3,(H,11,12). The van der Waals surface area contributed by atoms with Crippen molar-refractivity contribution < 1.29 is 9.53 Å². The Hall–Kier alpha value is -0.730. The second kappa shape index (κ2) is 3.56. The smallest absolute Gasteiger partial charge is 0.407 e. The molecule has 0 spiro atoms. The maximum absolute atomic E-state index is 11.3. The molecule has 1 fully saturated rings. The molecule has 1 N–H and O–H groups in total. The predicted octanol–water partition coefficient (Wildman–Crippen LogP) is 2.31. The molecule has 13 heavy (non-hydrogen) atoms. The maximum atomic E-state index is 11.3. The first-order chi connectivity index (χ1) is 5.92. The monoisotopic (exact) mass is 185 g/mol. The summed E-state index contributed by atoms with van der Waals surface area (Å²) in [5.41, 5.74) is -0.105. The summed E-state index contributed by atoms with van der Waals surface area (Å²) in [7, 11) is 0. The summed E-state index contributed by atoms with van der Waals surface area (Å²) < 4.78 is 5.01. The summed E-state index contributed by atoms with van der Waals surface area (Å²) in [5.74, 6) is 0.632. The molecule has 1 rings (SSSR count). The highest BCUT2D eigenvalue weighted by Gasteiger charge is 2.39. The van der Waals surface area contributed by atoms with Gasteiger partial charge in [0.15, 0.2) is 0 Å². The zero-order chi connectivity index (χ0) is 10.1. The summed E-state index contributed by atoms with van der Waals surface area (Å²) in [4.78, 5) is 11.3. The minimum Gasteiger partial charge on any atom is -0.447 e. The lowest BCUT2D eigenvalue weighted by atomic mass is 9.99. The average molecular weight is 185 g/mol. The number of alkyl carbamates (subject to hydrolysis) is 1. The fourth-order valence-electron chi connectivity index (χ4n) is 1.41. The van der Waals surface area contributed by atoms with E-state index < -0.39 is 0 Å². The third-order valence-electron chi connectivity index (χ3n) is 2.36. The third kappa shape index (κ3) is 3.25. The summed E-state index contributed by atoms with van der Waals surface area (Å²) in [6.45, 7) is 7.80. The molecule has 0 unspecified atom stereocenters. The summed E-state index contributed by atoms with van der Waals surface area (Å²) in [5, 5.41) is 2.89. The second-order valence-electron chi connectivity index (χ2n) is 4.58. The van der Waals surface area contributed by atoms with Crippen LogP contribution in [-0.2, 0) is 4.74 Å². The first kappa shape index (κ1) is 10.4. The van der Waals surface area contributed by atoms with Gasteiger partial charge in [-0.1, -0.05) is 0 Å². The van der Waals surface area contributed by atoms with Crippen LogP contribution >= 0.6 is 0 Å². The molecule has 1 amide bonds. The molecule has 0 aliphatic heterocycles. The molecule has 0 heterocycles. The quantitative estimate of drug-likeness (QED) is 0.732. The van der Waals surface area contributed by atoms with Crippen LogP contribution in [0.1, 0.15) is 40.5 Å². The van der Waals surface area contributed by atoms with Crippen LogP contribution in [0.25, 0.3) is 0 Å². The molecule has 3 heteroatoms. The lowest BCUT2D eigenvalue weighted by Crippen LogP contribution is -2.46. The highest BCUT2D eigenvalue weighted by molar-refractivity contribution is 5.68. The van der Waals surface area contributed by atoms with Crippen molar-refractivity contribution in [1.29, 1.82) is 0 Å². The molecule has 0 aromatic rings. The number of hydrogen-bond donors (Lipinski definition) is 1. The molecule has 1 saturated carbocycles. The van der Waals surface area contributed by atoms with Crippen LogP contribution < -0.4 is 5.32 Å². The van der Waals surface area contributed by atoms with E-state index in [0.717, 1.165) is 0 Å². The molecule has 0 aromatic carbocycles. The molecule has 0 radical (unpaired) electrons. The van der Waals surface area contributed by atoms with Gasteiger partial charge in [0.2, 0.25) is 0 Å². The van der Waals surface area contributed by atoms with Gasteiger partial charge in [0.1, 0.15) is 0 Å². The van der Waals surface area contributed by atoms with Crippen LogP contribution in [-0.4, -0.2) is 17.7 Å². The van der Waals surface area contributed by atoms with E-state index in [1.54, 1.807) is 0 Å². The predicted molar refractivity (Wildman–Crippen MR) is 51.6 cm³/mol. The first-order valence-corrected chi connectivity index (χ1v) is 4.90. The fourth-order valence-corrected chi connectivity index (χ4v) is 1.41. The Morgan fingerprint density at radius 3 is 2.38 bits per heavy atom. The second-order valence-corrected chi connectivity index (χ2v) is 4.58. The van der Waals surface area contributed by atoms with Crippen molar-refractivity contribution in [3.05, 3.63) is 0 Å². The molecule has 76 valence electrons. The Morgan fingerprint density at radius 2 is 2.00 bits per heavy atom. The van der Waals surface area contributed by atoms with Gasteiger partial charge in [0.25, 0.3) is 0 Å². The van der Waals surface area contributed by atoms with Gasteiger partial charge in [0.05, 0.1) is 6.10 Å². The minimum atomic E-state index is -0.299. The van der Waals surface area contributed by atoms with Crippen LogP contribution in [0.2, 0.25) is 0 Å². The van der Waals surface area contributed by atoms with Crippen LogP contribution in [0.4, 0.5) is 4.79 Å². The summed E-state index contributed by atoms with van der Waals surface area (Å²) >= 11 is 0. The molecule has 0 aromatic heterocycles. The van der Waals surface area contributed by atoms with E-state index in [4.69, 9.17) is 4.74 Å². The molecule has 0 bridgehead atoms. The van der Waals surface area contributed by atoms with Crippen molar-refractivity contribution in [3.8, 4) is 0 Å². The van der Waals surface area contributed by atoms with Crippen molar-refractivity contribution in [2.45, 2.75) is 52.2 Å². The number of amides is 1. The number of rotatable bonds is 3. The van der Waals surface area contributed by atoms with Crippen molar-refractivity contribution in [2.75, 3.05) is 0 Å².